The van der Waals surface area contributed by atoms with Crippen LogP contribution in [-0.4, -0.2) is 29.2 Å². The van der Waals surface area contributed by atoms with Crippen LogP contribution in [0.4, 0.5) is 10.1 Å². The molecule has 1 aromatic carbocycles. The molecule has 0 unspecified atom stereocenters. The standard InChI is InChI=1S/C13H11FN2O4/c14-8-5-7(6-15)1-2-9(8)16-12(17)10-3-4-11(20-10)13(18)19/h1-2,5,10-11H,3-4H2,(H,16,17)(H,18,19)/t10-,11+/m0/s1. The zero-order valence-corrected chi connectivity index (χ0v) is 10.3. The monoisotopic (exact) mass is 278 g/mol. The number of nitriles is 1. The number of hydrogen-bond donors (Lipinski definition) is 2. The average molecular weight is 278 g/mol. The minimum Gasteiger partial charge on any atom is -0.479 e. The number of halogens is 1. The lowest BCUT2D eigenvalue weighted by molar-refractivity contribution is -0.150. The molecule has 2 N–H and O–H groups in total. The van der Waals surface area contributed by atoms with Crippen LogP contribution in [0.5, 0.6) is 0 Å². The van der Waals surface area contributed by atoms with Crippen LogP contribution in [0.1, 0.15) is 18.4 Å². The number of aliphatic carboxylic acids is 1. The van der Waals surface area contributed by atoms with Crippen molar-refractivity contribution < 1.29 is 23.8 Å². The SMILES string of the molecule is N#Cc1ccc(NC(=O)[C@@H]2CC[C@H](C(=O)O)O2)c(F)c1. The molecule has 2 atom stereocenters. The molecule has 0 radical (unpaired) electrons. The van der Waals surface area contributed by atoms with E-state index in [9.17, 15) is 14.0 Å². The molecule has 20 heavy (non-hydrogen) atoms. The van der Waals surface area contributed by atoms with Gasteiger partial charge in [0, 0.05) is 0 Å². The van der Waals surface area contributed by atoms with E-state index in [4.69, 9.17) is 15.1 Å². The number of anilines is 1. The maximum atomic E-state index is 13.6. The summed E-state index contributed by atoms with van der Waals surface area (Å²) < 4.78 is 18.6. The molecule has 1 amide bonds. The summed E-state index contributed by atoms with van der Waals surface area (Å²) >= 11 is 0. The molecular weight excluding hydrogens is 267 g/mol. The molecule has 104 valence electrons. The van der Waals surface area contributed by atoms with Crippen LogP contribution in [0.3, 0.4) is 0 Å². The van der Waals surface area contributed by atoms with E-state index >= 15 is 0 Å². The number of amides is 1. The third-order valence-electron chi connectivity index (χ3n) is 2.94. The van der Waals surface area contributed by atoms with Gasteiger partial charge in [0.1, 0.15) is 11.9 Å². The van der Waals surface area contributed by atoms with Crippen LogP contribution in [0.2, 0.25) is 0 Å². The van der Waals surface area contributed by atoms with Crippen molar-refractivity contribution in [1.82, 2.24) is 0 Å². The molecule has 0 aliphatic carbocycles. The van der Waals surface area contributed by atoms with Gasteiger partial charge in [-0.05, 0) is 31.0 Å². The molecule has 1 aliphatic rings. The number of carbonyl (C=O) groups excluding carboxylic acids is 1. The van der Waals surface area contributed by atoms with Crippen molar-refractivity contribution in [3.05, 3.63) is 29.6 Å². The van der Waals surface area contributed by atoms with Crippen LogP contribution in [0.25, 0.3) is 0 Å². The average Bonchev–Trinajstić information content (AvgIpc) is 2.91. The van der Waals surface area contributed by atoms with Gasteiger partial charge < -0.3 is 15.2 Å². The van der Waals surface area contributed by atoms with Crippen LogP contribution >= 0.6 is 0 Å². The molecule has 1 aliphatic heterocycles. The van der Waals surface area contributed by atoms with Gasteiger partial charge in [0.2, 0.25) is 0 Å². The van der Waals surface area contributed by atoms with Crippen LogP contribution in [0, 0.1) is 17.1 Å². The highest BCUT2D eigenvalue weighted by atomic mass is 19.1. The summed E-state index contributed by atoms with van der Waals surface area (Å²) in [6, 6.07) is 5.43. The Morgan fingerprint density at radius 2 is 2.10 bits per heavy atom. The van der Waals surface area contributed by atoms with Gasteiger partial charge in [-0.3, -0.25) is 4.79 Å². The zero-order chi connectivity index (χ0) is 14.7. The van der Waals surface area contributed by atoms with Crippen molar-refractivity contribution in [3.8, 4) is 6.07 Å². The molecule has 0 saturated carbocycles. The summed E-state index contributed by atoms with van der Waals surface area (Å²) in [5, 5.41) is 19.7. The number of ether oxygens (including phenoxy) is 1. The smallest absolute Gasteiger partial charge is 0.332 e. The Hall–Kier alpha value is -2.46. The van der Waals surface area contributed by atoms with E-state index in [0.717, 1.165) is 6.07 Å². The van der Waals surface area contributed by atoms with E-state index < -0.39 is 29.9 Å². The van der Waals surface area contributed by atoms with E-state index in [1.807, 2.05) is 0 Å². The first-order valence-corrected chi connectivity index (χ1v) is 5.90. The van der Waals surface area contributed by atoms with Gasteiger partial charge >= 0.3 is 5.97 Å². The van der Waals surface area contributed by atoms with Gasteiger partial charge in [0.15, 0.2) is 6.10 Å². The van der Waals surface area contributed by atoms with Gasteiger partial charge in [-0.15, -0.1) is 0 Å². The molecule has 7 heteroatoms. The maximum Gasteiger partial charge on any atom is 0.332 e. The minimum atomic E-state index is -1.12. The van der Waals surface area contributed by atoms with Gasteiger partial charge in [0.25, 0.3) is 5.91 Å². The van der Waals surface area contributed by atoms with E-state index in [2.05, 4.69) is 5.32 Å². The summed E-state index contributed by atoms with van der Waals surface area (Å²) in [7, 11) is 0. The Balaban J connectivity index is 2.02. The molecule has 0 aromatic heterocycles. The fraction of sp³-hybridized carbons (Fsp3) is 0.308. The van der Waals surface area contributed by atoms with Crippen LogP contribution < -0.4 is 5.32 Å². The molecular formula is C13H11FN2O4. The zero-order valence-electron chi connectivity index (χ0n) is 10.3. The highest BCUT2D eigenvalue weighted by molar-refractivity contribution is 5.94. The first-order chi connectivity index (χ1) is 9.51. The van der Waals surface area contributed by atoms with Gasteiger partial charge in [-0.2, -0.15) is 5.26 Å². The van der Waals surface area contributed by atoms with Crippen LogP contribution in [-0.2, 0) is 14.3 Å². The van der Waals surface area contributed by atoms with Gasteiger partial charge in [0.05, 0.1) is 17.3 Å². The first-order valence-electron chi connectivity index (χ1n) is 5.90. The molecule has 1 heterocycles. The van der Waals surface area contributed by atoms with Crippen molar-refractivity contribution >= 4 is 17.6 Å². The van der Waals surface area contributed by atoms with E-state index in [1.54, 1.807) is 6.07 Å². The highest BCUT2D eigenvalue weighted by Crippen LogP contribution is 2.22. The second-order valence-electron chi connectivity index (χ2n) is 4.32. The first kappa shape index (κ1) is 14.0. The largest absolute Gasteiger partial charge is 0.479 e. The van der Waals surface area contributed by atoms with Crippen molar-refractivity contribution in [2.24, 2.45) is 0 Å². The van der Waals surface area contributed by atoms with Crippen molar-refractivity contribution in [1.29, 1.82) is 5.26 Å². The fourth-order valence-corrected chi connectivity index (χ4v) is 1.91. The lowest BCUT2D eigenvalue weighted by atomic mass is 10.1. The van der Waals surface area contributed by atoms with E-state index in [-0.39, 0.29) is 24.1 Å². The maximum absolute atomic E-state index is 13.6. The molecule has 0 bridgehead atoms. The van der Waals surface area contributed by atoms with E-state index in [0.29, 0.717) is 0 Å². The summed E-state index contributed by atoms with van der Waals surface area (Å²) in [5.41, 5.74) is 0.0694. The predicted octanol–water partition coefficient (Wildman–Crippen LogP) is 1.27. The Kier molecular flexibility index (Phi) is 3.96. The molecule has 6 nitrogen and oxygen atoms in total. The number of hydrogen-bond acceptors (Lipinski definition) is 4. The Labute approximate surface area is 113 Å². The van der Waals surface area contributed by atoms with Crippen molar-refractivity contribution in [2.75, 3.05) is 5.32 Å². The molecule has 2 rings (SSSR count). The third-order valence-corrected chi connectivity index (χ3v) is 2.94. The molecule has 1 fully saturated rings. The topological polar surface area (TPSA) is 99.4 Å². The number of carbonyl (C=O) groups is 2. The normalized spacial score (nSPS) is 21.2. The second kappa shape index (κ2) is 5.67. The Morgan fingerprint density at radius 3 is 2.65 bits per heavy atom. The predicted molar refractivity (Wildman–Crippen MR) is 65.3 cm³/mol. The Bertz CT molecular complexity index is 597. The molecule has 1 saturated heterocycles. The minimum absolute atomic E-state index is 0.0728. The summed E-state index contributed by atoms with van der Waals surface area (Å²) in [5.74, 6) is -2.45. The number of nitrogens with zero attached hydrogens (tertiary/aromatic N) is 1. The van der Waals surface area contributed by atoms with Crippen LogP contribution in [0.15, 0.2) is 18.2 Å². The summed E-state index contributed by atoms with van der Waals surface area (Å²) in [4.78, 5) is 22.5. The number of carboxylic acid groups (broad SMARTS) is 1. The quantitative estimate of drug-likeness (QED) is 0.867. The highest BCUT2D eigenvalue weighted by Gasteiger charge is 2.34. The van der Waals surface area contributed by atoms with Crippen molar-refractivity contribution in [2.45, 2.75) is 25.0 Å². The lowest BCUT2D eigenvalue weighted by Gasteiger charge is -2.12. The second-order valence-corrected chi connectivity index (χ2v) is 4.32. The number of nitrogens with one attached hydrogen (secondary N) is 1. The number of carboxylic acids is 1. The fourth-order valence-electron chi connectivity index (χ4n) is 1.91. The molecule has 1 aromatic rings. The summed E-state index contributed by atoms with van der Waals surface area (Å²) in [6.45, 7) is 0. The van der Waals surface area contributed by atoms with Crippen molar-refractivity contribution in [3.63, 3.8) is 0 Å². The lowest BCUT2D eigenvalue weighted by Crippen LogP contribution is -2.30. The third kappa shape index (κ3) is 2.92. The van der Waals surface area contributed by atoms with Gasteiger partial charge in [-0.25, -0.2) is 9.18 Å². The molecule has 0 spiro atoms. The summed E-state index contributed by atoms with van der Waals surface area (Å²) in [6.07, 6.45) is -1.41. The number of rotatable bonds is 3. The number of benzene rings is 1. The van der Waals surface area contributed by atoms with Gasteiger partial charge in [-0.1, -0.05) is 0 Å². The van der Waals surface area contributed by atoms with E-state index in [1.165, 1.54) is 12.1 Å². The Morgan fingerprint density at radius 1 is 1.40 bits per heavy atom.